The highest BCUT2D eigenvalue weighted by atomic mass is 19.1. The van der Waals surface area contributed by atoms with E-state index < -0.39 is 6.04 Å². The molecule has 2 saturated heterocycles. The van der Waals surface area contributed by atoms with Gasteiger partial charge in [-0.3, -0.25) is 14.5 Å². The molecule has 2 aliphatic heterocycles. The van der Waals surface area contributed by atoms with Crippen LogP contribution in [0.3, 0.4) is 0 Å². The molecule has 1 saturated carbocycles. The van der Waals surface area contributed by atoms with Gasteiger partial charge in [0, 0.05) is 43.7 Å². The lowest BCUT2D eigenvalue weighted by Crippen LogP contribution is -2.52. The highest BCUT2D eigenvalue weighted by Gasteiger charge is 2.43. The quantitative estimate of drug-likeness (QED) is 0.307. The van der Waals surface area contributed by atoms with Crippen molar-refractivity contribution in [1.82, 2.24) is 35.0 Å². The van der Waals surface area contributed by atoms with Crippen LogP contribution in [-0.4, -0.2) is 99.9 Å². The lowest BCUT2D eigenvalue weighted by Gasteiger charge is -2.40. The third kappa shape index (κ3) is 7.34. The van der Waals surface area contributed by atoms with Gasteiger partial charge in [-0.15, -0.1) is 11.7 Å². The number of aromatic nitrogens is 3. The molecule has 0 radical (unpaired) electrons. The molecular formula is C35H44FN7O2. The third-order valence-corrected chi connectivity index (χ3v) is 10.0. The zero-order valence-corrected chi connectivity index (χ0v) is 26.2. The first kappa shape index (κ1) is 31.1. The maximum atomic E-state index is 14.0. The minimum atomic E-state index is -0.606. The fourth-order valence-electron chi connectivity index (χ4n) is 7.31. The lowest BCUT2D eigenvalue weighted by molar-refractivity contribution is -0.135. The molecule has 3 atom stereocenters. The van der Waals surface area contributed by atoms with E-state index in [2.05, 4.69) is 39.1 Å². The highest BCUT2D eigenvalue weighted by molar-refractivity contribution is 5.97. The van der Waals surface area contributed by atoms with Gasteiger partial charge in [-0.25, -0.2) is 9.07 Å². The molecule has 2 aromatic carbocycles. The standard InChI is InChI=1S/C35H44FN7O2/c1-3-18-41(32-24-30(32)26-6-10-28(36)11-7-26)19-4-5-31(34(45)42-21-15-35(16-22-42)14-20-40(2)25-35)38-33(44)27-8-12-29(13-9-27)43-23-17-37-39-43/h3,6-13,17,23,30-32H,1,4-5,14-16,18-22,24-25H2,2H3,(H,38,44)/t30-,31-,32+/m0/s1. The molecule has 1 aliphatic carbocycles. The van der Waals surface area contributed by atoms with Crippen LogP contribution in [0.1, 0.15) is 60.4 Å². The summed E-state index contributed by atoms with van der Waals surface area (Å²) in [7, 11) is 2.18. The van der Waals surface area contributed by atoms with Gasteiger partial charge >= 0.3 is 0 Å². The number of carbonyl (C=O) groups excluding carboxylic acids is 2. The number of nitrogens with zero attached hydrogens (tertiary/aromatic N) is 6. The Bertz CT molecular complexity index is 1450. The van der Waals surface area contributed by atoms with E-state index in [1.165, 1.54) is 18.6 Å². The molecule has 3 aromatic rings. The Labute approximate surface area is 265 Å². The third-order valence-electron chi connectivity index (χ3n) is 10.0. The Kier molecular flexibility index (Phi) is 9.42. The first-order chi connectivity index (χ1) is 21.8. The molecule has 10 heteroatoms. The van der Waals surface area contributed by atoms with Crippen LogP contribution < -0.4 is 5.32 Å². The normalized spacial score (nSPS) is 21.6. The van der Waals surface area contributed by atoms with Gasteiger partial charge < -0.3 is 15.1 Å². The molecule has 3 heterocycles. The van der Waals surface area contributed by atoms with Gasteiger partial charge in [-0.05, 0) is 106 Å². The van der Waals surface area contributed by atoms with Crippen molar-refractivity contribution in [2.75, 3.05) is 46.3 Å². The fraction of sp³-hybridized carbons (Fsp3) is 0.486. The van der Waals surface area contributed by atoms with Crippen molar-refractivity contribution >= 4 is 11.8 Å². The molecule has 1 aromatic heterocycles. The molecule has 1 spiro atoms. The van der Waals surface area contributed by atoms with E-state index in [4.69, 9.17) is 0 Å². The van der Waals surface area contributed by atoms with Gasteiger partial charge in [0.2, 0.25) is 5.91 Å². The van der Waals surface area contributed by atoms with E-state index in [0.717, 1.165) is 76.2 Å². The summed E-state index contributed by atoms with van der Waals surface area (Å²) in [4.78, 5) is 34.2. The molecule has 0 bridgehead atoms. The van der Waals surface area contributed by atoms with Crippen LogP contribution in [0, 0.1) is 11.2 Å². The van der Waals surface area contributed by atoms with Crippen molar-refractivity contribution in [1.29, 1.82) is 0 Å². The molecule has 238 valence electrons. The summed E-state index contributed by atoms with van der Waals surface area (Å²) < 4.78 is 15.1. The van der Waals surface area contributed by atoms with E-state index in [-0.39, 0.29) is 17.6 Å². The molecule has 2 amide bonds. The molecule has 6 rings (SSSR count). The Hall–Kier alpha value is -3.89. The lowest BCUT2D eigenvalue weighted by atomic mass is 9.77. The summed E-state index contributed by atoms with van der Waals surface area (Å²) >= 11 is 0. The van der Waals surface area contributed by atoms with E-state index in [1.807, 2.05) is 35.2 Å². The van der Waals surface area contributed by atoms with E-state index in [1.54, 1.807) is 29.2 Å². The van der Waals surface area contributed by atoms with Gasteiger partial charge in [0.15, 0.2) is 0 Å². The maximum absolute atomic E-state index is 14.0. The van der Waals surface area contributed by atoms with Crippen molar-refractivity contribution in [2.24, 2.45) is 5.41 Å². The minimum Gasteiger partial charge on any atom is -0.341 e. The Morgan fingerprint density at radius 2 is 1.84 bits per heavy atom. The van der Waals surface area contributed by atoms with Gasteiger partial charge in [-0.2, -0.15) is 0 Å². The molecule has 1 N–H and O–H groups in total. The van der Waals surface area contributed by atoms with Crippen LogP contribution in [0.15, 0.2) is 73.6 Å². The van der Waals surface area contributed by atoms with E-state index in [0.29, 0.717) is 29.4 Å². The van der Waals surface area contributed by atoms with Crippen LogP contribution in [0.2, 0.25) is 0 Å². The second kappa shape index (κ2) is 13.6. The number of nitrogens with one attached hydrogen (secondary N) is 1. The summed E-state index contributed by atoms with van der Waals surface area (Å²) in [6.45, 7) is 9.17. The maximum Gasteiger partial charge on any atom is 0.251 e. The Balaban J connectivity index is 1.10. The molecular weight excluding hydrogens is 569 g/mol. The zero-order valence-electron chi connectivity index (χ0n) is 26.2. The van der Waals surface area contributed by atoms with Crippen molar-refractivity contribution < 1.29 is 14.0 Å². The molecule has 45 heavy (non-hydrogen) atoms. The van der Waals surface area contributed by atoms with Crippen LogP contribution in [0.25, 0.3) is 5.69 Å². The first-order valence-electron chi connectivity index (χ1n) is 16.2. The summed E-state index contributed by atoms with van der Waals surface area (Å²) in [6.07, 6.45) is 10.8. The van der Waals surface area contributed by atoms with E-state index >= 15 is 0 Å². The highest BCUT2D eigenvalue weighted by Crippen LogP contribution is 2.45. The second-order valence-corrected chi connectivity index (χ2v) is 13.1. The number of halogens is 1. The molecule has 0 unspecified atom stereocenters. The molecule has 3 aliphatic rings. The average molecular weight is 614 g/mol. The second-order valence-electron chi connectivity index (χ2n) is 13.1. The Morgan fingerprint density at radius 3 is 2.49 bits per heavy atom. The number of benzene rings is 2. The Morgan fingerprint density at radius 1 is 1.11 bits per heavy atom. The average Bonchev–Trinajstić information content (AvgIpc) is 3.47. The predicted molar refractivity (Wildman–Crippen MR) is 172 cm³/mol. The topological polar surface area (TPSA) is 86.6 Å². The number of rotatable bonds is 12. The SMILES string of the molecule is C=CCN(CCC[C@H](NC(=O)c1ccc(-n2ccnn2)cc1)C(=O)N1CCC2(CCN(C)C2)CC1)[C@@H]1C[C@H]1c1ccc(F)cc1. The summed E-state index contributed by atoms with van der Waals surface area (Å²) in [5, 5.41) is 10.9. The number of hydrogen-bond acceptors (Lipinski definition) is 6. The monoisotopic (exact) mass is 613 g/mol. The zero-order chi connectivity index (χ0) is 31.4. The fourth-order valence-corrected chi connectivity index (χ4v) is 7.31. The van der Waals surface area contributed by atoms with Gasteiger partial charge in [0.25, 0.3) is 5.91 Å². The number of piperidine rings is 1. The number of hydrogen-bond donors (Lipinski definition) is 1. The minimum absolute atomic E-state index is 0.00895. The summed E-state index contributed by atoms with van der Waals surface area (Å²) in [5.41, 5.74) is 2.77. The van der Waals surface area contributed by atoms with E-state index in [9.17, 15) is 14.0 Å². The number of amides is 2. The number of carbonyl (C=O) groups is 2. The smallest absolute Gasteiger partial charge is 0.251 e. The van der Waals surface area contributed by atoms with Crippen LogP contribution in [-0.2, 0) is 4.79 Å². The van der Waals surface area contributed by atoms with Gasteiger partial charge in [-0.1, -0.05) is 23.4 Å². The van der Waals surface area contributed by atoms with Crippen LogP contribution in [0.5, 0.6) is 0 Å². The summed E-state index contributed by atoms with van der Waals surface area (Å²) in [5.74, 6) is -0.0960. The van der Waals surface area contributed by atoms with Gasteiger partial charge in [0.05, 0.1) is 18.1 Å². The predicted octanol–water partition coefficient (Wildman–Crippen LogP) is 4.27. The number of likely N-dealkylation sites (tertiary alicyclic amines) is 2. The molecule has 3 fully saturated rings. The first-order valence-corrected chi connectivity index (χ1v) is 16.2. The van der Waals surface area contributed by atoms with Gasteiger partial charge in [0.1, 0.15) is 11.9 Å². The largest absolute Gasteiger partial charge is 0.341 e. The molecule has 9 nitrogen and oxygen atoms in total. The van der Waals surface area contributed by atoms with Crippen molar-refractivity contribution in [2.45, 2.75) is 56.5 Å². The van der Waals surface area contributed by atoms with Crippen molar-refractivity contribution in [3.63, 3.8) is 0 Å². The van der Waals surface area contributed by atoms with Crippen molar-refractivity contribution in [3.05, 3.63) is 90.5 Å². The van der Waals surface area contributed by atoms with Crippen molar-refractivity contribution in [3.8, 4) is 5.69 Å². The summed E-state index contributed by atoms with van der Waals surface area (Å²) in [6, 6.07) is 13.7. The van der Waals surface area contributed by atoms with Crippen LogP contribution >= 0.6 is 0 Å². The van der Waals surface area contributed by atoms with Crippen LogP contribution in [0.4, 0.5) is 4.39 Å².